The number of likely N-dealkylation sites (tertiary alicyclic amines) is 1. The van der Waals surface area contributed by atoms with E-state index in [9.17, 15) is 9.59 Å². The Labute approximate surface area is 188 Å². The van der Waals surface area contributed by atoms with Crippen LogP contribution in [0.15, 0.2) is 46.2 Å². The highest BCUT2D eigenvalue weighted by Gasteiger charge is 2.38. The first-order valence-corrected chi connectivity index (χ1v) is 11.8. The summed E-state index contributed by atoms with van der Waals surface area (Å²) in [4.78, 5) is 35.3. The summed E-state index contributed by atoms with van der Waals surface area (Å²) in [7, 11) is 1.74. The molecular formula is C24H24N4O3S. The van der Waals surface area contributed by atoms with Gasteiger partial charge in [-0.05, 0) is 42.0 Å². The quantitative estimate of drug-likeness (QED) is 0.519. The number of pyridine rings is 1. The van der Waals surface area contributed by atoms with E-state index in [0.717, 1.165) is 41.8 Å². The number of aromatic amines is 1. The normalized spacial score (nSPS) is 20.5. The highest BCUT2D eigenvalue weighted by atomic mass is 32.1. The summed E-state index contributed by atoms with van der Waals surface area (Å²) in [6.45, 7) is 3.04. The first kappa shape index (κ1) is 19.7. The Balaban J connectivity index is 1.25. The molecule has 0 amide bonds. The first-order valence-electron chi connectivity index (χ1n) is 11.0. The molecule has 2 atom stereocenters. The summed E-state index contributed by atoms with van der Waals surface area (Å²) in [5.74, 6) is 2.09. The fraction of sp³-hybridized carbons (Fsp3) is 0.375. The molecule has 8 heteroatoms. The number of nitrogens with one attached hydrogen (secondary N) is 1. The largest absolute Gasteiger partial charge is 0.496 e. The van der Waals surface area contributed by atoms with Gasteiger partial charge in [0.25, 0.3) is 5.56 Å². The minimum Gasteiger partial charge on any atom is -0.496 e. The molecule has 1 aliphatic carbocycles. The Bertz CT molecular complexity index is 1450. The molecule has 2 aliphatic rings. The van der Waals surface area contributed by atoms with E-state index in [4.69, 9.17) is 4.74 Å². The molecule has 0 spiro atoms. The highest BCUT2D eigenvalue weighted by Crippen LogP contribution is 2.43. The van der Waals surface area contributed by atoms with E-state index in [-0.39, 0.29) is 11.2 Å². The number of thiophene rings is 1. The van der Waals surface area contributed by atoms with Crippen molar-refractivity contribution in [3.8, 4) is 5.75 Å². The number of rotatable bonds is 4. The topological polar surface area (TPSA) is 80.2 Å². The molecule has 7 nitrogen and oxygen atoms in total. The number of nitrogens with zero attached hydrogens (tertiary/aromatic N) is 3. The van der Waals surface area contributed by atoms with Gasteiger partial charge in [0.15, 0.2) is 0 Å². The standard InChI is InChI=1S/C24H24N4O3S/c1-31-19-4-2-3-15-16(19)6-5-14-12-27(13-18(14)15)9-10-28-23(29)22-21(26-24(28)30)17-11-25-8-7-20(17)32-22/h2-4,7-8,11,14,18H,5-6,9-10,12-13H2,1H3,(H,26,30)/t14-,18+/m0/s1. The molecule has 6 rings (SSSR count). The van der Waals surface area contributed by atoms with Gasteiger partial charge in [0.05, 0.1) is 12.6 Å². The van der Waals surface area contributed by atoms with Crippen LogP contribution in [0.2, 0.25) is 0 Å². The zero-order chi connectivity index (χ0) is 21.8. The molecule has 32 heavy (non-hydrogen) atoms. The van der Waals surface area contributed by atoms with Gasteiger partial charge in [-0.3, -0.25) is 14.3 Å². The fourth-order valence-corrected chi connectivity index (χ4v) is 6.63. The van der Waals surface area contributed by atoms with E-state index in [1.807, 2.05) is 12.1 Å². The lowest BCUT2D eigenvalue weighted by molar-refractivity contribution is 0.303. The van der Waals surface area contributed by atoms with Crippen LogP contribution < -0.4 is 16.0 Å². The number of fused-ring (bicyclic) bond motifs is 6. The Hall–Kier alpha value is -2.97. The fourth-order valence-electron chi connectivity index (χ4n) is 5.56. The summed E-state index contributed by atoms with van der Waals surface area (Å²) in [5.41, 5.74) is 2.78. The number of H-pyrrole nitrogens is 1. The van der Waals surface area contributed by atoms with E-state index in [1.165, 1.54) is 27.0 Å². The third kappa shape index (κ3) is 3.01. The number of methoxy groups -OCH3 is 1. The third-order valence-electron chi connectivity index (χ3n) is 7.12. The number of hydrogen-bond donors (Lipinski definition) is 1. The molecule has 1 N–H and O–H groups in total. The number of benzene rings is 1. The molecule has 1 saturated heterocycles. The Morgan fingerprint density at radius 2 is 2.12 bits per heavy atom. The minimum atomic E-state index is -0.349. The lowest BCUT2D eigenvalue weighted by atomic mass is 9.77. The number of ether oxygens (including phenoxy) is 1. The van der Waals surface area contributed by atoms with Crippen LogP contribution in [0.25, 0.3) is 20.3 Å². The summed E-state index contributed by atoms with van der Waals surface area (Å²) in [5, 5.41) is 0.826. The van der Waals surface area contributed by atoms with Crippen molar-refractivity contribution in [2.75, 3.05) is 26.7 Å². The second-order valence-electron chi connectivity index (χ2n) is 8.76. The second-order valence-corrected chi connectivity index (χ2v) is 9.81. The Kier molecular flexibility index (Phi) is 4.66. The van der Waals surface area contributed by atoms with Crippen LogP contribution >= 0.6 is 11.3 Å². The van der Waals surface area contributed by atoms with Crippen molar-refractivity contribution < 1.29 is 4.74 Å². The minimum absolute atomic E-state index is 0.211. The maximum atomic E-state index is 13.1. The van der Waals surface area contributed by atoms with Crippen molar-refractivity contribution in [1.82, 2.24) is 19.4 Å². The van der Waals surface area contributed by atoms with Gasteiger partial charge in [0.1, 0.15) is 10.4 Å². The molecule has 164 valence electrons. The second kappa shape index (κ2) is 7.56. The SMILES string of the molecule is COc1cccc2c1CC[C@H]1CN(CCn3c(=O)[nH]c4c(sc5ccncc54)c3=O)C[C@@H]21. The molecule has 0 bridgehead atoms. The predicted molar refractivity (Wildman–Crippen MR) is 126 cm³/mol. The van der Waals surface area contributed by atoms with Crippen LogP contribution in [0, 0.1) is 5.92 Å². The smallest absolute Gasteiger partial charge is 0.328 e. The molecule has 1 aliphatic heterocycles. The summed E-state index contributed by atoms with van der Waals surface area (Å²) < 4.78 is 8.48. The van der Waals surface area contributed by atoms with Crippen molar-refractivity contribution >= 4 is 31.6 Å². The van der Waals surface area contributed by atoms with Crippen LogP contribution in [-0.4, -0.2) is 46.2 Å². The summed E-state index contributed by atoms with van der Waals surface area (Å²) >= 11 is 1.41. The Morgan fingerprint density at radius 3 is 3.00 bits per heavy atom. The van der Waals surface area contributed by atoms with E-state index < -0.39 is 0 Å². The maximum absolute atomic E-state index is 13.1. The zero-order valence-electron chi connectivity index (χ0n) is 17.8. The van der Waals surface area contributed by atoms with Crippen LogP contribution in [-0.2, 0) is 13.0 Å². The molecule has 1 aromatic carbocycles. The van der Waals surface area contributed by atoms with Gasteiger partial charge in [0, 0.05) is 54.6 Å². The maximum Gasteiger partial charge on any atom is 0.328 e. The highest BCUT2D eigenvalue weighted by molar-refractivity contribution is 7.25. The van der Waals surface area contributed by atoms with Crippen molar-refractivity contribution in [2.45, 2.75) is 25.3 Å². The van der Waals surface area contributed by atoms with E-state index in [0.29, 0.717) is 35.1 Å². The monoisotopic (exact) mass is 448 g/mol. The molecule has 1 fully saturated rings. The van der Waals surface area contributed by atoms with E-state index in [1.54, 1.807) is 19.5 Å². The van der Waals surface area contributed by atoms with Crippen LogP contribution in [0.3, 0.4) is 0 Å². The lowest BCUT2D eigenvalue weighted by Crippen LogP contribution is -2.38. The Morgan fingerprint density at radius 1 is 1.22 bits per heavy atom. The molecule has 0 unspecified atom stereocenters. The zero-order valence-corrected chi connectivity index (χ0v) is 18.7. The van der Waals surface area contributed by atoms with Crippen molar-refractivity contribution in [1.29, 1.82) is 0 Å². The molecule has 4 heterocycles. The van der Waals surface area contributed by atoms with Crippen LogP contribution in [0.4, 0.5) is 0 Å². The van der Waals surface area contributed by atoms with Gasteiger partial charge in [0.2, 0.25) is 0 Å². The van der Waals surface area contributed by atoms with Crippen molar-refractivity contribution in [2.24, 2.45) is 5.92 Å². The first-order chi connectivity index (χ1) is 15.6. The molecule has 3 aromatic heterocycles. The van der Waals surface area contributed by atoms with Gasteiger partial charge in [-0.2, -0.15) is 0 Å². The molecule has 0 saturated carbocycles. The average Bonchev–Trinajstić information content (AvgIpc) is 3.40. The summed E-state index contributed by atoms with van der Waals surface area (Å²) in [6, 6.07) is 8.24. The molecule has 4 aromatic rings. The van der Waals surface area contributed by atoms with Gasteiger partial charge >= 0.3 is 5.69 Å². The van der Waals surface area contributed by atoms with Crippen molar-refractivity contribution in [3.05, 3.63) is 68.6 Å². The van der Waals surface area contributed by atoms with Gasteiger partial charge < -0.3 is 14.6 Å². The lowest BCUT2D eigenvalue weighted by Gasteiger charge is -2.28. The van der Waals surface area contributed by atoms with Gasteiger partial charge in [-0.15, -0.1) is 11.3 Å². The van der Waals surface area contributed by atoms with Crippen molar-refractivity contribution in [3.63, 3.8) is 0 Å². The van der Waals surface area contributed by atoms with E-state index >= 15 is 0 Å². The van der Waals surface area contributed by atoms with E-state index in [2.05, 4.69) is 27.0 Å². The number of aromatic nitrogens is 3. The molecule has 0 radical (unpaired) electrons. The average molecular weight is 449 g/mol. The molecular weight excluding hydrogens is 424 g/mol. The van der Waals surface area contributed by atoms with Crippen LogP contribution in [0.1, 0.15) is 23.5 Å². The summed E-state index contributed by atoms with van der Waals surface area (Å²) in [6.07, 6.45) is 5.60. The number of hydrogen-bond acceptors (Lipinski definition) is 6. The predicted octanol–water partition coefficient (Wildman–Crippen LogP) is 2.97. The van der Waals surface area contributed by atoms with Gasteiger partial charge in [-0.25, -0.2) is 4.79 Å². The third-order valence-corrected chi connectivity index (χ3v) is 8.28. The van der Waals surface area contributed by atoms with Crippen LogP contribution in [0.5, 0.6) is 5.75 Å². The van der Waals surface area contributed by atoms with Gasteiger partial charge in [-0.1, -0.05) is 12.1 Å².